The molecule has 2 saturated heterocycles. The number of ether oxygens (including phenoxy) is 1. The maximum absolute atomic E-state index is 12.4. The number of carbonyl (C=O) groups excluding carboxylic acids is 1. The van der Waals surface area contributed by atoms with Crippen LogP contribution in [0.4, 0.5) is 10.6 Å². The van der Waals surface area contributed by atoms with Crippen molar-refractivity contribution in [3.63, 3.8) is 0 Å². The minimum atomic E-state index is 0.00364. The molecule has 6 heteroatoms. The zero-order chi connectivity index (χ0) is 16.8. The monoisotopic (exact) mass is 332 g/mol. The summed E-state index contributed by atoms with van der Waals surface area (Å²) in [5.41, 5.74) is 1.10. The van der Waals surface area contributed by atoms with Gasteiger partial charge in [-0.05, 0) is 43.9 Å². The number of carbonyl (C=O) groups is 1. The Morgan fingerprint density at radius 1 is 1.46 bits per heavy atom. The smallest absolute Gasteiger partial charge is 0.317 e. The normalized spacial score (nSPS) is 20.4. The van der Waals surface area contributed by atoms with E-state index in [0.29, 0.717) is 12.5 Å². The third-order valence-corrected chi connectivity index (χ3v) is 4.86. The lowest BCUT2D eigenvalue weighted by Gasteiger charge is -2.24. The van der Waals surface area contributed by atoms with Crippen molar-refractivity contribution in [2.75, 3.05) is 44.3 Å². The van der Waals surface area contributed by atoms with E-state index >= 15 is 0 Å². The summed E-state index contributed by atoms with van der Waals surface area (Å²) in [6.07, 6.45) is 5.36. The van der Waals surface area contributed by atoms with Gasteiger partial charge in [0, 0.05) is 51.4 Å². The molecular weight excluding hydrogens is 304 g/mol. The molecule has 2 aliphatic heterocycles. The van der Waals surface area contributed by atoms with Crippen LogP contribution in [0.2, 0.25) is 0 Å². The summed E-state index contributed by atoms with van der Waals surface area (Å²) in [5.74, 6) is 1.49. The van der Waals surface area contributed by atoms with Crippen molar-refractivity contribution >= 4 is 11.8 Å². The molecule has 0 spiro atoms. The Morgan fingerprint density at radius 2 is 2.29 bits per heavy atom. The predicted molar refractivity (Wildman–Crippen MR) is 94.1 cm³/mol. The standard InChI is InChI=1S/C18H28N4O2/c1-2-21(13-16-6-10-24-14-16)18(23)20-12-15-5-7-19-17(11-15)22-8-3-4-9-22/h5,7,11,16H,2-4,6,8-10,12-14H2,1H3,(H,20,23)/t16-/m1/s1. The maximum Gasteiger partial charge on any atom is 0.317 e. The van der Waals surface area contributed by atoms with Crippen molar-refractivity contribution in [2.45, 2.75) is 32.7 Å². The molecule has 1 aromatic heterocycles. The molecule has 0 aliphatic carbocycles. The highest BCUT2D eigenvalue weighted by Gasteiger charge is 2.21. The number of amides is 2. The van der Waals surface area contributed by atoms with E-state index in [4.69, 9.17) is 4.74 Å². The van der Waals surface area contributed by atoms with E-state index in [0.717, 1.165) is 57.2 Å². The van der Waals surface area contributed by atoms with Gasteiger partial charge in [-0.25, -0.2) is 9.78 Å². The van der Waals surface area contributed by atoms with Gasteiger partial charge in [0.25, 0.3) is 0 Å². The molecule has 3 heterocycles. The molecule has 1 aromatic rings. The van der Waals surface area contributed by atoms with Gasteiger partial charge in [-0.1, -0.05) is 0 Å². The Morgan fingerprint density at radius 3 is 3.00 bits per heavy atom. The Balaban J connectivity index is 1.52. The van der Waals surface area contributed by atoms with E-state index in [1.165, 1.54) is 12.8 Å². The first-order valence-electron chi connectivity index (χ1n) is 9.06. The number of anilines is 1. The molecular formula is C18H28N4O2. The predicted octanol–water partition coefficient (Wildman–Crippen LogP) is 2.25. The molecule has 6 nitrogen and oxygen atoms in total. The van der Waals surface area contributed by atoms with E-state index in [-0.39, 0.29) is 6.03 Å². The van der Waals surface area contributed by atoms with E-state index in [1.807, 2.05) is 24.1 Å². The molecule has 132 valence electrons. The van der Waals surface area contributed by atoms with E-state index < -0.39 is 0 Å². The molecule has 0 radical (unpaired) electrons. The molecule has 3 rings (SSSR count). The molecule has 2 fully saturated rings. The third kappa shape index (κ3) is 4.38. The number of pyridine rings is 1. The lowest BCUT2D eigenvalue weighted by molar-refractivity contribution is 0.166. The summed E-state index contributed by atoms with van der Waals surface area (Å²) in [5, 5.41) is 3.04. The van der Waals surface area contributed by atoms with Crippen LogP contribution in [0.1, 0.15) is 31.7 Å². The molecule has 0 aromatic carbocycles. The fourth-order valence-corrected chi connectivity index (χ4v) is 3.37. The Kier molecular flexibility index (Phi) is 5.91. The Hall–Kier alpha value is -1.82. The minimum Gasteiger partial charge on any atom is -0.381 e. The van der Waals surface area contributed by atoms with Gasteiger partial charge < -0.3 is 19.9 Å². The van der Waals surface area contributed by atoms with Crippen molar-refractivity contribution in [1.29, 1.82) is 0 Å². The second-order valence-corrected chi connectivity index (χ2v) is 6.64. The van der Waals surface area contributed by atoms with Crippen LogP contribution in [-0.4, -0.2) is 55.3 Å². The van der Waals surface area contributed by atoms with E-state index in [9.17, 15) is 4.79 Å². The molecule has 1 atom stereocenters. The maximum atomic E-state index is 12.4. The van der Waals surface area contributed by atoms with Gasteiger partial charge in [-0.15, -0.1) is 0 Å². The summed E-state index contributed by atoms with van der Waals surface area (Å²) in [6, 6.07) is 4.07. The van der Waals surface area contributed by atoms with Gasteiger partial charge >= 0.3 is 6.03 Å². The van der Waals surface area contributed by atoms with Crippen LogP contribution in [-0.2, 0) is 11.3 Å². The lowest BCUT2D eigenvalue weighted by Crippen LogP contribution is -2.42. The summed E-state index contributed by atoms with van der Waals surface area (Å²) in [6.45, 7) is 7.81. The number of nitrogens with zero attached hydrogens (tertiary/aromatic N) is 3. The first-order valence-corrected chi connectivity index (χ1v) is 9.06. The molecule has 24 heavy (non-hydrogen) atoms. The fourth-order valence-electron chi connectivity index (χ4n) is 3.37. The Labute approximate surface area is 144 Å². The average Bonchev–Trinajstić information content (AvgIpc) is 3.31. The van der Waals surface area contributed by atoms with Crippen molar-refractivity contribution < 1.29 is 9.53 Å². The van der Waals surface area contributed by atoms with Gasteiger partial charge in [0.15, 0.2) is 0 Å². The van der Waals surface area contributed by atoms with E-state index in [1.54, 1.807) is 0 Å². The third-order valence-electron chi connectivity index (χ3n) is 4.86. The highest BCUT2D eigenvalue weighted by atomic mass is 16.5. The van der Waals surface area contributed by atoms with Crippen molar-refractivity contribution in [2.24, 2.45) is 5.92 Å². The van der Waals surface area contributed by atoms with E-state index in [2.05, 4.69) is 21.3 Å². The van der Waals surface area contributed by atoms with Gasteiger partial charge in [0.05, 0.1) is 6.61 Å². The first-order chi connectivity index (χ1) is 11.8. The minimum absolute atomic E-state index is 0.00364. The van der Waals surface area contributed by atoms with Gasteiger partial charge in [-0.2, -0.15) is 0 Å². The highest BCUT2D eigenvalue weighted by molar-refractivity contribution is 5.74. The summed E-state index contributed by atoms with van der Waals surface area (Å²) < 4.78 is 5.40. The number of hydrogen-bond acceptors (Lipinski definition) is 4. The van der Waals surface area contributed by atoms with Crippen LogP contribution in [0, 0.1) is 5.92 Å². The largest absolute Gasteiger partial charge is 0.381 e. The lowest BCUT2D eigenvalue weighted by atomic mass is 10.1. The zero-order valence-corrected chi connectivity index (χ0v) is 14.5. The van der Waals surface area contributed by atoms with Crippen molar-refractivity contribution in [1.82, 2.24) is 15.2 Å². The fraction of sp³-hybridized carbons (Fsp3) is 0.667. The topological polar surface area (TPSA) is 57.7 Å². The van der Waals surface area contributed by atoms with Gasteiger partial charge in [0.1, 0.15) is 5.82 Å². The number of hydrogen-bond donors (Lipinski definition) is 1. The summed E-state index contributed by atoms with van der Waals surface area (Å²) >= 11 is 0. The van der Waals surface area contributed by atoms with Crippen LogP contribution in [0.5, 0.6) is 0 Å². The highest BCUT2D eigenvalue weighted by Crippen LogP contribution is 2.18. The van der Waals surface area contributed by atoms with Gasteiger partial charge in [-0.3, -0.25) is 0 Å². The summed E-state index contributed by atoms with van der Waals surface area (Å²) in [4.78, 5) is 21.1. The molecule has 2 amide bonds. The zero-order valence-electron chi connectivity index (χ0n) is 14.5. The quantitative estimate of drug-likeness (QED) is 0.868. The van der Waals surface area contributed by atoms with Crippen LogP contribution in [0.3, 0.4) is 0 Å². The van der Waals surface area contributed by atoms with Crippen LogP contribution < -0.4 is 10.2 Å². The second-order valence-electron chi connectivity index (χ2n) is 6.64. The number of nitrogens with one attached hydrogen (secondary N) is 1. The molecule has 2 aliphatic rings. The van der Waals surface area contributed by atoms with Crippen molar-refractivity contribution in [3.8, 4) is 0 Å². The molecule has 0 unspecified atom stereocenters. The number of rotatable bonds is 6. The van der Waals surface area contributed by atoms with Crippen LogP contribution in [0.25, 0.3) is 0 Å². The van der Waals surface area contributed by atoms with Crippen LogP contribution >= 0.6 is 0 Å². The molecule has 0 saturated carbocycles. The van der Waals surface area contributed by atoms with Gasteiger partial charge in [0.2, 0.25) is 0 Å². The molecule has 0 bridgehead atoms. The van der Waals surface area contributed by atoms with Crippen molar-refractivity contribution in [3.05, 3.63) is 23.9 Å². The SMILES string of the molecule is CCN(C[C@H]1CCOC1)C(=O)NCc1ccnc(N2CCCC2)c1. The molecule has 1 N–H and O–H groups in total. The summed E-state index contributed by atoms with van der Waals surface area (Å²) in [7, 11) is 0. The number of urea groups is 1. The second kappa shape index (κ2) is 8.33. The average molecular weight is 332 g/mol. The Bertz CT molecular complexity index is 540. The number of aromatic nitrogens is 1. The first kappa shape index (κ1) is 17.0. The van der Waals surface area contributed by atoms with Crippen LogP contribution in [0.15, 0.2) is 18.3 Å².